The molecule has 0 unspecified atom stereocenters. The summed E-state index contributed by atoms with van der Waals surface area (Å²) in [6.45, 7) is 1.40. The molecule has 122 valence electrons. The number of nitrogens with zero attached hydrogens (tertiary/aromatic N) is 1. The van der Waals surface area contributed by atoms with Crippen LogP contribution in [0.4, 0.5) is 4.39 Å². The molecule has 1 aromatic carbocycles. The van der Waals surface area contributed by atoms with Crippen LogP contribution in [-0.2, 0) is 9.84 Å². The number of hydrogen-bond acceptors (Lipinski definition) is 4. The molecule has 0 aliphatic carbocycles. The normalized spacial score (nSPS) is 29.7. The lowest BCUT2D eigenvalue weighted by molar-refractivity contribution is 0.163. The van der Waals surface area contributed by atoms with E-state index in [1.807, 2.05) is 0 Å². The van der Waals surface area contributed by atoms with Crippen LogP contribution in [0.25, 0.3) is 0 Å². The summed E-state index contributed by atoms with van der Waals surface area (Å²) in [6.07, 6.45) is 1.68. The van der Waals surface area contributed by atoms with Crippen molar-refractivity contribution in [3.8, 4) is 0 Å². The van der Waals surface area contributed by atoms with E-state index in [1.54, 1.807) is 12.1 Å². The molecule has 0 spiro atoms. The van der Waals surface area contributed by atoms with Gasteiger partial charge < -0.3 is 5.11 Å². The highest BCUT2D eigenvalue weighted by Crippen LogP contribution is 2.34. The van der Waals surface area contributed by atoms with Crippen LogP contribution >= 0.6 is 0 Å². The first kappa shape index (κ1) is 15.9. The molecule has 2 saturated heterocycles. The first-order valence-electron chi connectivity index (χ1n) is 7.81. The highest BCUT2D eigenvalue weighted by molar-refractivity contribution is 7.91. The first-order chi connectivity index (χ1) is 10.4. The molecule has 0 aromatic heterocycles. The summed E-state index contributed by atoms with van der Waals surface area (Å²) < 4.78 is 36.1. The first-order valence-corrected chi connectivity index (χ1v) is 9.63. The fourth-order valence-corrected chi connectivity index (χ4v) is 5.15. The third-order valence-electron chi connectivity index (χ3n) is 4.80. The number of halogens is 1. The Balaban J connectivity index is 1.67. The van der Waals surface area contributed by atoms with E-state index in [4.69, 9.17) is 0 Å². The van der Waals surface area contributed by atoms with Crippen LogP contribution in [0.5, 0.6) is 0 Å². The Morgan fingerprint density at radius 2 is 1.82 bits per heavy atom. The van der Waals surface area contributed by atoms with Crippen LogP contribution in [0.3, 0.4) is 0 Å². The molecule has 2 atom stereocenters. The lowest BCUT2D eigenvalue weighted by Gasteiger charge is -2.30. The highest BCUT2D eigenvalue weighted by atomic mass is 32.2. The van der Waals surface area contributed by atoms with Crippen molar-refractivity contribution < 1.29 is 17.9 Å². The topological polar surface area (TPSA) is 57.6 Å². The van der Waals surface area contributed by atoms with Crippen LogP contribution in [0.1, 0.15) is 30.9 Å². The highest BCUT2D eigenvalue weighted by Gasteiger charge is 2.34. The SMILES string of the molecule is O=S1(=O)CCC(CN2C[C@@H](O)C[C@@H]2c2ccc(F)cc2)CC1. The standard InChI is InChI=1S/C16H22FNO3S/c17-14-3-1-13(2-4-14)16-9-15(19)11-18(16)10-12-5-7-22(20,21)8-6-12/h1-4,12,15-16,19H,5-11H2/t15-,16+/m0/s1. The molecule has 0 saturated carbocycles. The van der Waals surface area contributed by atoms with Crippen LogP contribution in [-0.4, -0.2) is 49.1 Å². The van der Waals surface area contributed by atoms with Crippen LogP contribution in [0.2, 0.25) is 0 Å². The largest absolute Gasteiger partial charge is 0.392 e. The number of likely N-dealkylation sites (tertiary alicyclic amines) is 1. The van der Waals surface area contributed by atoms with Gasteiger partial charge in [0.1, 0.15) is 15.7 Å². The van der Waals surface area contributed by atoms with Crippen LogP contribution < -0.4 is 0 Å². The van der Waals surface area contributed by atoms with E-state index in [9.17, 15) is 17.9 Å². The minimum atomic E-state index is -2.84. The molecule has 6 heteroatoms. The van der Waals surface area contributed by atoms with E-state index in [0.717, 1.165) is 12.1 Å². The average Bonchev–Trinajstić information content (AvgIpc) is 2.83. The van der Waals surface area contributed by atoms with Gasteiger partial charge in [-0.25, -0.2) is 12.8 Å². The lowest BCUT2D eigenvalue weighted by Crippen LogP contribution is -2.34. The Hall–Kier alpha value is -0.980. The maximum atomic E-state index is 13.1. The van der Waals surface area contributed by atoms with Crippen molar-refractivity contribution in [3.05, 3.63) is 35.6 Å². The third kappa shape index (κ3) is 3.67. The Kier molecular flexibility index (Phi) is 4.52. The fraction of sp³-hybridized carbons (Fsp3) is 0.625. The predicted octanol–water partition coefficient (Wildman–Crippen LogP) is 1.76. The molecule has 22 heavy (non-hydrogen) atoms. The molecule has 0 amide bonds. The van der Waals surface area contributed by atoms with Crippen molar-refractivity contribution in [1.29, 1.82) is 0 Å². The second-order valence-electron chi connectivity index (χ2n) is 6.51. The Bertz CT molecular complexity index is 603. The second-order valence-corrected chi connectivity index (χ2v) is 8.81. The zero-order valence-corrected chi connectivity index (χ0v) is 13.3. The smallest absolute Gasteiger partial charge is 0.150 e. The summed E-state index contributed by atoms with van der Waals surface area (Å²) >= 11 is 0. The molecule has 1 N–H and O–H groups in total. The summed E-state index contributed by atoms with van der Waals surface area (Å²) in [5, 5.41) is 9.99. The van der Waals surface area contributed by atoms with Crippen molar-refractivity contribution in [2.24, 2.45) is 5.92 Å². The number of rotatable bonds is 3. The van der Waals surface area contributed by atoms with E-state index < -0.39 is 9.84 Å². The molecule has 0 bridgehead atoms. The van der Waals surface area contributed by atoms with Gasteiger partial charge in [-0.2, -0.15) is 0 Å². The molecule has 2 aliphatic rings. The van der Waals surface area contributed by atoms with Crippen molar-refractivity contribution in [1.82, 2.24) is 4.90 Å². The van der Waals surface area contributed by atoms with E-state index in [1.165, 1.54) is 12.1 Å². The van der Waals surface area contributed by atoms with Crippen molar-refractivity contribution in [3.63, 3.8) is 0 Å². The molecule has 2 fully saturated rings. The van der Waals surface area contributed by atoms with Crippen molar-refractivity contribution >= 4 is 9.84 Å². The minimum Gasteiger partial charge on any atom is -0.392 e. The monoisotopic (exact) mass is 327 g/mol. The number of hydrogen-bond donors (Lipinski definition) is 1. The minimum absolute atomic E-state index is 0.0918. The van der Waals surface area contributed by atoms with Gasteiger partial charge >= 0.3 is 0 Å². The van der Waals surface area contributed by atoms with Crippen LogP contribution in [0.15, 0.2) is 24.3 Å². The molecule has 0 radical (unpaired) electrons. The molecular formula is C16H22FNO3S. The molecule has 3 rings (SSSR count). The lowest BCUT2D eigenvalue weighted by atomic mass is 9.99. The van der Waals surface area contributed by atoms with Gasteiger partial charge in [0, 0.05) is 19.1 Å². The van der Waals surface area contributed by atoms with E-state index in [-0.39, 0.29) is 29.5 Å². The third-order valence-corrected chi connectivity index (χ3v) is 6.52. The maximum Gasteiger partial charge on any atom is 0.150 e. The van der Waals surface area contributed by atoms with E-state index >= 15 is 0 Å². The van der Waals surface area contributed by atoms with Gasteiger partial charge in [0.25, 0.3) is 0 Å². The molecule has 2 aliphatic heterocycles. The van der Waals surface area contributed by atoms with Gasteiger partial charge in [0.05, 0.1) is 17.6 Å². The summed E-state index contributed by atoms with van der Waals surface area (Å²) in [4.78, 5) is 2.22. The predicted molar refractivity (Wildman–Crippen MR) is 82.7 cm³/mol. The number of β-amino-alcohol motifs (C(OH)–C–C–N with tert-alkyl or cyclic N) is 1. The summed E-state index contributed by atoms with van der Waals surface area (Å²) in [6, 6.07) is 6.54. The van der Waals surface area contributed by atoms with Crippen molar-refractivity contribution in [2.75, 3.05) is 24.6 Å². The molecule has 2 heterocycles. The number of aliphatic hydroxyl groups excluding tert-OH is 1. The summed E-state index contributed by atoms with van der Waals surface area (Å²) in [7, 11) is -2.84. The van der Waals surface area contributed by atoms with Gasteiger partial charge in [-0.05, 0) is 42.9 Å². The Morgan fingerprint density at radius 1 is 1.18 bits per heavy atom. The Morgan fingerprint density at radius 3 is 2.45 bits per heavy atom. The molecule has 4 nitrogen and oxygen atoms in total. The average molecular weight is 327 g/mol. The zero-order valence-electron chi connectivity index (χ0n) is 12.5. The maximum absolute atomic E-state index is 13.1. The van der Waals surface area contributed by atoms with E-state index in [2.05, 4.69) is 4.90 Å². The van der Waals surface area contributed by atoms with Gasteiger partial charge in [-0.1, -0.05) is 12.1 Å². The van der Waals surface area contributed by atoms with Gasteiger partial charge in [0.2, 0.25) is 0 Å². The van der Waals surface area contributed by atoms with Gasteiger partial charge in [0.15, 0.2) is 0 Å². The fourth-order valence-electron chi connectivity index (χ4n) is 3.57. The van der Waals surface area contributed by atoms with Gasteiger partial charge in [-0.15, -0.1) is 0 Å². The summed E-state index contributed by atoms with van der Waals surface area (Å²) in [5.41, 5.74) is 1.02. The molecular weight excluding hydrogens is 305 g/mol. The summed E-state index contributed by atoms with van der Waals surface area (Å²) in [5.74, 6) is 0.646. The zero-order chi connectivity index (χ0) is 15.7. The van der Waals surface area contributed by atoms with Crippen molar-refractivity contribution in [2.45, 2.75) is 31.4 Å². The second kappa shape index (κ2) is 6.26. The number of benzene rings is 1. The number of aliphatic hydroxyl groups is 1. The van der Waals surface area contributed by atoms with Gasteiger partial charge in [-0.3, -0.25) is 4.90 Å². The van der Waals surface area contributed by atoms with Crippen LogP contribution in [0, 0.1) is 11.7 Å². The van der Waals surface area contributed by atoms with E-state index in [0.29, 0.717) is 31.7 Å². The molecule has 1 aromatic rings. The Labute approximate surface area is 130 Å². The number of sulfone groups is 1. The quantitative estimate of drug-likeness (QED) is 0.919.